The van der Waals surface area contributed by atoms with Gasteiger partial charge in [0.25, 0.3) is 0 Å². The van der Waals surface area contributed by atoms with Crippen molar-refractivity contribution in [2.45, 2.75) is 0 Å². The van der Waals surface area contributed by atoms with E-state index in [0.29, 0.717) is 12.4 Å². The number of nitrogens with one attached hydrogen (secondary N) is 2. The van der Waals surface area contributed by atoms with Crippen LogP contribution in [0.4, 0.5) is 11.5 Å². The van der Waals surface area contributed by atoms with E-state index in [2.05, 4.69) is 15.7 Å². The highest BCUT2D eigenvalue weighted by atomic mass is 16.1. The van der Waals surface area contributed by atoms with Crippen LogP contribution in [-0.4, -0.2) is 31.5 Å². The van der Waals surface area contributed by atoms with Gasteiger partial charge >= 0.3 is 0 Å². The molecule has 6 nitrogen and oxygen atoms in total. The Labute approximate surface area is 88.4 Å². The molecule has 1 rings (SSSR count). The summed E-state index contributed by atoms with van der Waals surface area (Å²) >= 11 is 0. The molecule has 1 amide bonds. The number of nitrogens with zero attached hydrogens (tertiary/aromatic N) is 2. The molecule has 15 heavy (non-hydrogen) atoms. The molecule has 0 unspecified atom stereocenters. The van der Waals surface area contributed by atoms with Crippen LogP contribution in [-0.2, 0) is 4.79 Å². The Morgan fingerprint density at radius 1 is 1.67 bits per heavy atom. The van der Waals surface area contributed by atoms with Crippen LogP contribution in [0.5, 0.6) is 0 Å². The second-order valence-electron chi connectivity index (χ2n) is 3.07. The first-order valence-corrected chi connectivity index (χ1v) is 4.51. The van der Waals surface area contributed by atoms with Crippen LogP contribution in [0.15, 0.2) is 18.3 Å². The molecule has 0 radical (unpaired) electrons. The van der Waals surface area contributed by atoms with Gasteiger partial charge < -0.3 is 15.6 Å². The third-order valence-electron chi connectivity index (χ3n) is 1.99. The van der Waals surface area contributed by atoms with Crippen molar-refractivity contribution in [1.82, 2.24) is 10.3 Å². The van der Waals surface area contributed by atoms with E-state index in [0.717, 1.165) is 5.69 Å². The molecule has 0 aliphatic carbocycles. The van der Waals surface area contributed by atoms with Crippen molar-refractivity contribution in [1.29, 1.82) is 0 Å². The van der Waals surface area contributed by atoms with E-state index in [1.807, 2.05) is 13.1 Å². The Balaban J connectivity index is 2.72. The van der Waals surface area contributed by atoms with E-state index in [1.165, 1.54) is 0 Å². The van der Waals surface area contributed by atoms with E-state index >= 15 is 0 Å². The number of nitrogen functional groups attached to an aromatic ring is 1. The summed E-state index contributed by atoms with van der Waals surface area (Å²) in [5, 5.41) is 2.56. The second kappa shape index (κ2) is 5.16. The first kappa shape index (κ1) is 11.3. The third kappa shape index (κ3) is 3.10. The summed E-state index contributed by atoms with van der Waals surface area (Å²) in [4.78, 5) is 16.9. The number of likely N-dealkylation sites (N-methyl/N-ethyl adjacent to an activating group) is 2. The van der Waals surface area contributed by atoms with Gasteiger partial charge in [-0.2, -0.15) is 0 Å². The molecular formula is C9H15N5O. The molecule has 1 aromatic heterocycles. The van der Waals surface area contributed by atoms with Crippen LogP contribution in [0.3, 0.4) is 0 Å². The molecule has 0 aromatic carbocycles. The summed E-state index contributed by atoms with van der Waals surface area (Å²) in [6.07, 6.45) is 1.63. The number of anilines is 2. The summed E-state index contributed by atoms with van der Waals surface area (Å²) in [7, 11) is 3.43. The summed E-state index contributed by atoms with van der Waals surface area (Å²) in [6, 6.07) is 3.58. The largest absolute Gasteiger partial charge is 0.365 e. The predicted octanol–water partition coefficient (Wildman–Crippen LogP) is -0.451. The van der Waals surface area contributed by atoms with Crippen LogP contribution in [0, 0.1) is 0 Å². The monoisotopic (exact) mass is 209 g/mol. The lowest BCUT2D eigenvalue weighted by Gasteiger charge is -2.18. The maximum atomic E-state index is 11.1. The van der Waals surface area contributed by atoms with Crippen molar-refractivity contribution in [3.8, 4) is 0 Å². The molecule has 0 aliphatic heterocycles. The number of nitrogens with two attached hydrogens (primary N) is 1. The second-order valence-corrected chi connectivity index (χ2v) is 3.07. The van der Waals surface area contributed by atoms with Crippen LogP contribution >= 0.6 is 0 Å². The molecule has 0 bridgehead atoms. The molecule has 0 saturated heterocycles. The van der Waals surface area contributed by atoms with E-state index in [-0.39, 0.29) is 5.91 Å². The Morgan fingerprint density at radius 3 is 3.00 bits per heavy atom. The molecular weight excluding hydrogens is 194 g/mol. The quantitative estimate of drug-likeness (QED) is 0.462. The number of hydrogen-bond donors (Lipinski definition) is 3. The van der Waals surface area contributed by atoms with Gasteiger partial charge in [-0.3, -0.25) is 4.79 Å². The van der Waals surface area contributed by atoms with Crippen molar-refractivity contribution < 1.29 is 4.79 Å². The minimum atomic E-state index is -0.0448. The number of carbonyl (C=O) groups is 1. The zero-order chi connectivity index (χ0) is 11.3. The van der Waals surface area contributed by atoms with Gasteiger partial charge in [-0.15, -0.1) is 0 Å². The molecule has 82 valence electrons. The number of carbonyl (C=O) groups excluding carboxylic acids is 1. The Morgan fingerprint density at radius 2 is 2.40 bits per heavy atom. The first-order chi connectivity index (χ1) is 7.17. The smallest absolute Gasteiger partial charge is 0.239 e. The molecule has 4 N–H and O–H groups in total. The third-order valence-corrected chi connectivity index (χ3v) is 1.99. The lowest BCUT2D eigenvalue weighted by molar-refractivity contribution is -0.119. The van der Waals surface area contributed by atoms with Crippen LogP contribution < -0.4 is 21.5 Å². The van der Waals surface area contributed by atoms with Crippen molar-refractivity contribution in [3.63, 3.8) is 0 Å². The van der Waals surface area contributed by atoms with Gasteiger partial charge in [0.1, 0.15) is 5.82 Å². The fraction of sp³-hybridized carbons (Fsp3) is 0.333. The van der Waals surface area contributed by atoms with Crippen molar-refractivity contribution in [3.05, 3.63) is 18.3 Å². The SMILES string of the molecule is CNC(=O)CN(C)c1ccnc(NN)c1. The molecule has 0 spiro atoms. The normalized spacial score (nSPS) is 9.53. The van der Waals surface area contributed by atoms with Gasteiger partial charge in [0.15, 0.2) is 0 Å². The topological polar surface area (TPSA) is 83.3 Å². The van der Waals surface area contributed by atoms with Crippen molar-refractivity contribution in [2.75, 3.05) is 31.0 Å². The molecule has 1 aromatic rings. The van der Waals surface area contributed by atoms with Crippen molar-refractivity contribution in [2.24, 2.45) is 5.84 Å². The molecule has 0 atom stereocenters. The molecule has 6 heteroatoms. The maximum absolute atomic E-state index is 11.1. The lowest BCUT2D eigenvalue weighted by atomic mass is 10.3. The van der Waals surface area contributed by atoms with Gasteiger partial charge in [-0.25, -0.2) is 10.8 Å². The van der Waals surface area contributed by atoms with Gasteiger partial charge in [-0.05, 0) is 6.07 Å². The summed E-state index contributed by atoms with van der Waals surface area (Å²) in [5.41, 5.74) is 3.33. The fourth-order valence-electron chi connectivity index (χ4n) is 1.12. The minimum absolute atomic E-state index is 0.0448. The fourth-order valence-corrected chi connectivity index (χ4v) is 1.12. The van der Waals surface area contributed by atoms with Crippen LogP contribution in [0.25, 0.3) is 0 Å². The Hall–Kier alpha value is -1.82. The highest BCUT2D eigenvalue weighted by Gasteiger charge is 2.06. The van der Waals surface area contributed by atoms with Gasteiger partial charge in [0.05, 0.1) is 6.54 Å². The molecule has 0 aliphatic rings. The molecule has 1 heterocycles. The average Bonchev–Trinajstić information content (AvgIpc) is 2.28. The zero-order valence-corrected chi connectivity index (χ0v) is 8.82. The van der Waals surface area contributed by atoms with Gasteiger partial charge in [0, 0.05) is 32.0 Å². The van der Waals surface area contributed by atoms with E-state index in [1.54, 1.807) is 24.2 Å². The predicted molar refractivity (Wildman–Crippen MR) is 59.4 cm³/mol. The Bertz CT molecular complexity index is 341. The van der Waals surface area contributed by atoms with E-state index in [9.17, 15) is 4.79 Å². The zero-order valence-electron chi connectivity index (χ0n) is 8.82. The van der Waals surface area contributed by atoms with Gasteiger partial charge in [-0.1, -0.05) is 0 Å². The van der Waals surface area contributed by atoms with Gasteiger partial charge in [0.2, 0.25) is 5.91 Å². The maximum Gasteiger partial charge on any atom is 0.239 e. The highest BCUT2D eigenvalue weighted by molar-refractivity contribution is 5.81. The number of amides is 1. The van der Waals surface area contributed by atoms with E-state index in [4.69, 9.17) is 5.84 Å². The number of hydrazine groups is 1. The standard InChI is InChI=1S/C9H15N5O/c1-11-9(15)6-14(2)7-3-4-12-8(5-7)13-10/h3-5H,6,10H2,1-2H3,(H,11,15)(H,12,13). The highest BCUT2D eigenvalue weighted by Crippen LogP contribution is 2.14. The lowest BCUT2D eigenvalue weighted by Crippen LogP contribution is -2.33. The minimum Gasteiger partial charge on any atom is -0.365 e. The number of aromatic nitrogens is 1. The van der Waals surface area contributed by atoms with E-state index < -0.39 is 0 Å². The number of rotatable bonds is 4. The van der Waals surface area contributed by atoms with Crippen LogP contribution in [0.2, 0.25) is 0 Å². The summed E-state index contributed by atoms with van der Waals surface area (Å²) in [6.45, 7) is 0.296. The average molecular weight is 209 g/mol. The first-order valence-electron chi connectivity index (χ1n) is 4.51. The number of hydrogen-bond acceptors (Lipinski definition) is 5. The number of pyridine rings is 1. The molecule has 0 saturated carbocycles. The van der Waals surface area contributed by atoms with Crippen LogP contribution in [0.1, 0.15) is 0 Å². The Kier molecular flexibility index (Phi) is 3.87. The summed E-state index contributed by atoms with van der Waals surface area (Å²) < 4.78 is 0. The summed E-state index contributed by atoms with van der Waals surface area (Å²) in [5.74, 6) is 5.76. The molecule has 0 fully saturated rings. The van der Waals surface area contributed by atoms with Crippen molar-refractivity contribution >= 4 is 17.4 Å².